The molecule has 2 aliphatic heterocycles. The minimum atomic E-state index is -2.92. The molecule has 2 aliphatic rings. The van der Waals surface area contributed by atoms with E-state index in [-0.39, 0.29) is 28.7 Å². The molecule has 6 nitrogen and oxygen atoms in total. The van der Waals surface area contributed by atoms with Crippen LogP contribution in [0.2, 0.25) is 0 Å². The SMILES string of the molecule is CCCCCNC(=O)Cc1ccc(NC2=N[C@H]3CS(=O)(=O)C[C@H]3S2)cc1. The van der Waals surface area contributed by atoms with Crippen LogP contribution in [0.5, 0.6) is 0 Å². The Morgan fingerprint density at radius 2 is 2.00 bits per heavy atom. The van der Waals surface area contributed by atoms with Crippen molar-refractivity contribution in [2.75, 3.05) is 23.4 Å². The molecule has 3 rings (SSSR count). The number of nitrogens with one attached hydrogen (secondary N) is 2. The average Bonchev–Trinajstić information content (AvgIpc) is 3.06. The number of amides is 1. The Labute approximate surface area is 159 Å². The van der Waals surface area contributed by atoms with Gasteiger partial charge in [-0.05, 0) is 24.1 Å². The molecule has 0 saturated carbocycles. The lowest BCUT2D eigenvalue weighted by Gasteiger charge is -2.08. The van der Waals surface area contributed by atoms with Gasteiger partial charge in [0.05, 0.1) is 24.0 Å². The monoisotopic (exact) mass is 395 g/mol. The number of aliphatic imine (C=N–C) groups is 1. The Morgan fingerprint density at radius 3 is 2.69 bits per heavy atom. The number of carbonyl (C=O) groups is 1. The van der Waals surface area contributed by atoms with Gasteiger partial charge in [0.1, 0.15) is 0 Å². The second-order valence-electron chi connectivity index (χ2n) is 6.79. The first kappa shape index (κ1) is 19.2. The predicted molar refractivity (Wildman–Crippen MR) is 108 cm³/mol. The summed E-state index contributed by atoms with van der Waals surface area (Å²) in [6, 6.07) is 7.59. The number of rotatable bonds is 7. The number of hydrogen-bond donors (Lipinski definition) is 2. The predicted octanol–water partition coefficient (Wildman–Crippen LogP) is 2.22. The Hall–Kier alpha value is -1.54. The van der Waals surface area contributed by atoms with Crippen LogP contribution in [-0.2, 0) is 21.1 Å². The zero-order valence-corrected chi connectivity index (χ0v) is 16.5. The number of unbranched alkanes of at least 4 members (excludes halogenated alkanes) is 2. The summed E-state index contributed by atoms with van der Waals surface area (Å²) in [5.74, 6) is 0.414. The molecule has 1 fully saturated rings. The van der Waals surface area contributed by atoms with Crippen LogP contribution in [0, 0.1) is 0 Å². The highest BCUT2D eigenvalue weighted by atomic mass is 32.2. The van der Waals surface area contributed by atoms with E-state index in [1.807, 2.05) is 24.3 Å². The minimum Gasteiger partial charge on any atom is -0.356 e. The van der Waals surface area contributed by atoms with Gasteiger partial charge in [0, 0.05) is 17.5 Å². The molecular weight excluding hydrogens is 370 g/mol. The third kappa shape index (κ3) is 5.23. The van der Waals surface area contributed by atoms with Gasteiger partial charge in [-0.15, -0.1) is 0 Å². The molecule has 2 heterocycles. The molecule has 1 aromatic carbocycles. The molecule has 1 amide bonds. The highest BCUT2D eigenvalue weighted by Crippen LogP contribution is 2.34. The topological polar surface area (TPSA) is 87.6 Å². The van der Waals surface area contributed by atoms with Crippen molar-refractivity contribution in [1.82, 2.24) is 5.32 Å². The third-order valence-corrected chi connectivity index (χ3v) is 7.63. The van der Waals surface area contributed by atoms with Gasteiger partial charge >= 0.3 is 0 Å². The summed E-state index contributed by atoms with van der Waals surface area (Å²) in [4.78, 5) is 16.4. The molecule has 2 N–H and O–H groups in total. The molecule has 1 aromatic rings. The summed E-state index contributed by atoms with van der Waals surface area (Å²) in [6.07, 6.45) is 3.68. The van der Waals surface area contributed by atoms with Crippen molar-refractivity contribution in [3.63, 3.8) is 0 Å². The number of sulfone groups is 1. The molecule has 1 saturated heterocycles. The summed E-state index contributed by atoms with van der Waals surface area (Å²) < 4.78 is 23.2. The molecule has 26 heavy (non-hydrogen) atoms. The van der Waals surface area contributed by atoms with Gasteiger partial charge in [-0.25, -0.2) is 8.42 Å². The molecule has 0 radical (unpaired) electrons. The van der Waals surface area contributed by atoms with Crippen molar-refractivity contribution in [2.24, 2.45) is 4.99 Å². The van der Waals surface area contributed by atoms with Gasteiger partial charge in [0.25, 0.3) is 0 Å². The van der Waals surface area contributed by atoms with Gasteiger partial charge < -0.3 is 10.6 Å². The lowest BCUT2D eigenvalue weighted by molar-refractivity contribution is -0.120. The van der Waals surface area contributed by atoms with Crippen LogP contribution in [0.1, 0.15) is 31.7 Å². The lowest BCUT2D eigenvalue weighted by Crippen LogP contribution is -2.26. The fraction of sp³-hybridized carbons (Fsp3) is 0.556. The van der Waals surface area contributed by atoms with E-state index in [4.69, 9.17) is 0 Å². The van der Waals surface area contributed by atoms with E-state index in [2.05, 4.69) is 22.5 Å². The van der Waals surface area contributed by atoms with Crippen molar-refractivity contribution in [3.8, 4) is 0 Å². The molecule has 0 spiro atoms. The highest BCUT2D eigenvalue weighted by Gasteiger charge is 2.42. The first-order chi connectivity index (χ1) is 12.4. The van der Waals surface area contributed by atoms with Crippen molar-refractivity contribution < 1.29 is 13.2 Å². The van der Waals surface area contributed by atoms with E-state index < -0.39 is 9.84 Å². The first-order valence-corrected chi connectivity index (χ1v) is 11.7. The number of carbonyl (C=O) groups excluding carboxylic acids is 1. The van der Waals surface area contributed by atoms with Gasteiger partial charge in [0.15, 0.2) is 15.0 Å². The summed E-state index contributed by atoms with van der Waals surface area (Å²) in [5, 5.41) is 7.00. The van der Waals surface area contributed by atoms with Crippen molar-refractivity contribution >= 4 is 38.4 Å². The minimum absolute atomic E-state index is 0.0400. The van der Waals surface area contributed by atoms with Crippen molar-refractivity contribution in [1.29, 1.82) is 0 Å². The van der Waals surface area contributed by atoms with Crippen molar-refractivity contribution in [2.45, 2.75) is 43.9 Å². The van der Waals surface area contributed by atoms with Gasteiger partial charge in [0.2, 0.25) is 5.91 Å². The molecule has 0 aromatic heterocycles. The standard InChI is InChI=1S/C18H25N3O3S2/c1-2-3-4-9-19-17(22)10-13-5-7-14(8-6-13)20-18-21-15-11-26(23,24)12-16(15)25-18/h5-8,15-16H,2-4,9-12H2,1H3,(H,19,22)(H,20,21)/t15-,16+/m0/s1. The normalized spacial score (nSPS) is 23.3. The van der Waals surface area contributed by atoms with Gasteiger partial charge in [-0.2, -0.15) is 0 Å². The number of hydrogen-bond acceptors (Lipinski definition) is 6. The van der Waals surface area contributed by atoms with E-state index in [0.29, 0.717) is 6.42 Å². The van der Waals surface area contributed by atoms with Crippen LogP contribution in [-0.4, -0.2) is 48.8 Å². The summed E-state index contributed by atoms with van der Waals surface area (Å²) in [6.45, 7) is 2.88. The van der Waals surface area contributed by atoms with E-state index in [0.717, 1.165) is 42.2 Å². The third-order valence-electron chi connectivity index (χ3n) is 4.49. The Balaban J connectivity index is 1.47. The maximum absolute atomic E-state index is 11.9. The van der Waals surface area contributed by atoms with Crippen molar-refractivity contribution in [3.05, 3.63) is 29.8 Å². The number of amidine groups is 1. The summed E-state index contributed by atoms with van der Waals surface area (Å²) in [7, 11) is -2.92. The molecule has 0 unspecified atom stereocenters. The van der Waals surface area contributed by atoms with Crippen LogP contribution in [0.4, 0.5) is 5.69 Å². The second-order valence-corrected chi connectivity index (χ2v) is 10.2. The molecule has 142 valence electrons. The number of anilines is 1. The average molecular weight is 396 g/mol. The smallest absolute Gasteiger partial charge is 0.224 e. The molecule has 2 atom stereocenters. The van der Waals surface area contributed by atoms with Gasteiger partial charge in [-0.1, -0.05) is 43.7 Å². The maximum atomic E-state index is 11.9. The number of fused-ring (bicyclic) bond motifs is 1. The zero-order valence-electron chi connectivity index (χ0n) is 14.9. The van der Waals surface area contributed by atoms with Gasteiger partial charge in [-0.3, -0.25) is 9.79 Å². The first-order valence-electron chi connectivity index (χ1n) is 9.03. The van der Waals surface area contributed by atoms with E-state index in [9.17, 15) is 13.2 Å². The Bertz CT molecular complexity index is 775. The highest BCUT2D eigenvalue weighted by molar-refractivity contribution is 8.15. The number of thioether (sulfide) groups is 1. The summed E-state index contributed by atoms with van der Waals surface area (Å²) in [5.41, 5.74) is 1.86. The molecule has 8 heteroatoms. The van der Waals surface area contributed by atoms with E-state index in [1.54, 1.807) is 0 Å². The largest absolute Gasteiger partial charge is 0.356 e. The van der Waals surface area contributed by atoms with Crippen LogP contribution in [0.25, 0.3) is 0 Å². The number of benzene rings is 1. The van der Waals surface area contributed by atoms with Crippen LogP contribution in [0.3, 0.4) is 0 Å². The quantitative estimate of drug-likeness (QED) is 0.691. The molecule has 0 aliphatic carbocycles. The van der Waals surface area contributed by atoms with E-state index >= 15 is 0 Å². The molecule has 0 bridgehead atoms. The Morgan fingerprint density at radius 1 is 1.23 bits per heavy atom. The fourth-order valence-electron chi connectivity index (χ4n) is 3.10. The molecular formula is C18H25N3O3S2. The number of nitrogens with zero attached hydrogens (tertiary/aromatic N) is 1. The lowest BCUT2D eigenvalue weighted by atomic mass is 10.1. The Kier molecular flexibility index (Phi) is 6.24. The second kappa shape index (κ2) is 8.43. The summed E-state index contributed by atoms with van der Waals surface area (Å²) >= 11 is 1.50. The van der Waals surface area contributed by atoms with E-state index in [1.165, 1.54) is 11.8 Å². The van der Waals surface area contributed by atoms with Crippen LogP contribution < -0.4 is 10.6 Å². The zero-order chi connectivity index (χ0) is 18.6. The maximum Gasteiger partial charge on any atom is 0.224 e. The fourth-order valence-corrected chi connectivity index (χ4v) is 6.77. The van der Waals surface area contributed by atoms with Crippen LogP contribution in [0.15, 0.2) is 29.3 Å². The van der Waals surface area contributed by atoms with Crippen LogP contribution >= 0.6 is 11.8 Å².